The fourth-order valence-corrected chi connectivity index (χ4v) is 5.15. The second-order valence-electron chi connectivity index (χ2n) is 6.38. The van der Waals surface area contributed by atoms with E-state index in [-0.39, 0.29) is 27.5 Å². The van der Waals surface area contributed by atoms with Crippen LogP contribution in [0.1, 0.15) is 29.1 Å². The minimum atomic E-state index is -4.00. The molecule has 2 aromatic rings. The highest BCUT2D eigenvalue weighted by Gasteiger charge is 2.28. The monoisotopic (exact) mass is 424 g/mol. The number of rotatable bonds is 4. The molecule has 8 nitrogen and oxygen atoms in total. The van der Waals surface area contributed by atoms with E-state index in [4.69, 9.17) is 9.47 Å². The molecular weight excluding hydrogens is 404 g/mol. The first kappa shape index (κ1) is 20.2. The summed E-state index contributed by atoms with van der Waals surface area (Å²) in [6.07, 6.45) is -0.200. The zero-order valence-corrected chi connectivity index (χ0v) is 17.4. The Labute approximate surface area is 167 Å². The predicted octanol–water partition coefficient (Wildman–Crippen LogP) is 2.78. The van der Waals surface area contributed by atoms with Gasteiger partial charge >= 0.3 is 5.97 Å². The highest BCUT2D eigenvalue weighted by Crippen LogP contribution is 2.37. The van der Waals surface area contributed by atoms with Crippen LogP contribution >= 0.6 is 11.3 Å². The van der Waals surface area contributed by atoms with Crippen LogP contribution in [0.3, 0.4) is 0 Å². The van der Waals surface area contributed by atoms with Crippen LogP contribution in [0.4, 0.5) is 10.7 Å². The average molecular weight is 425 g/mol. The Bertz CT molecular complexity index is 1040. The zero-order chi connectivity index (χ0) is 20.6. The minimum absolute atomic E-state index is 0.0440. The molecule has 1 atom stereocenters. The third kappa shape index (κ3) is 3.83. The molecule has 0 aliphatic carbocycles. The lowest BCUT2D eigenvalue weighted by Gasteiger charge is -2.33. The number of thiophene rings is 1. The number of carbonyl (C=O) groups is 2. The molecule has 1 aromatic carbocycles. The molecule has 10 heteroatoms. The van der Waals surface area contributed by atoms with E-state index in [0.29, 0.717) is 18.0 Å². The Hall–Kier alpha value is -2.59. The lowest BCUT2D eigenvalue weighted by molar-refractivity contribution is -0.117. The summed E-state index contributed by atoms with van der Waals surface area (Å²) >= 11 is 1.13. The van der Waals surface area contributed by atoms with Crippen LogP contribution < -0.4 is 14.4 Å². The van der Waals surface area contributed by atoms with Crippen molar-refractivity contribution < 1.29 is 27.5 Å². The van der Waals surface area contributed by atoms with Gasteiger partial charge in [-0.1, -0.05) is 0 Å². The summed E-state index contributed by atoms with van der Waals surface area (Å²) in [4.78, 5) is 26.1. The van der Waals surface area contributed by atoms with E-state index in [1.54, 1.807) is 13.0 Å². The highest BCUT2D eigenvalue weighted by molar-refractivity contribution is 7.93. The number of benzene rings is 1. The molecule has 0 spiro atoms. The molecule has 3 rings (SSSR count). The molecule has 28 heavy (non-hydrogen) atoms. The van der Waals surface area contributed by atoms with Gasteiger partial charge < -0.3 is 14.4 Å². The summed E-state index contributed by atoms with van der Waals surface area (Å²) in [6, 6.07) is 5.88. The maximum absolute atomic E-state index is 12.9. The zero-order valence-electron chi connectivity index (χ0n) is 15.8. The molecule has 1 amide bonds. The molecule has 0 saturated heterocycles. The first-order valence-electron chi connectivity index (χ1n) is 8.42. The number of ether oxygens (including phenoxy) is 2. The number of anilines is 2. The molecular formula is C18H20N2O6S2. The van der Waals surface area contributed by atoms with Crippen LogP contribution in [0, 0.1) is 6.92 Å². The lowest BCUT2D eigenvalue weighted by Crippen LogP contribution is -2.41. The van der Waals surface area contributed by atoms with Crippen molar-refractivity contribution >= 4 is 43.9 Å². The van der Waals surface area contributed by atoms with E-state index in [9.17, 15) is 18.0 Å². The van der Waals surface area contributed by atoms with Crippen molar-refractivity contribution in [2.24, 2.45) is 0 Å². The number of nitrogens with one attached hydrogen (secondary N) is 1. The van der Waals surface area contributed by atoms with Gasteiger partial charge in [0.15, 0.2) is 0 Å². The Morgan fingerprint density at radius 3 is 2.68 bits per heavy atom. The first-order valence-corrected chi connectivity index (χ1v) is 10.7. The van der Waals surface area contributed by atoms with Crippen molar-refractivity contribution in [3.05, 3.63) is 34.7 Å². The van der Waals surface area contributed by atoms with Gasteiger partial charge in [0.05, 0.1) is 29.8 Å². The molecule has 0 saturated carbocycles. The average Bonchev–Trinajstić information content (AvgIpc) is 2.99. The summed E-state index contributed by atoms with van der Waals surface area (Å²) in [5, 5.41) is 0.176. The minimum Gasteiger partial charge on any atom is -0.487 e. The number of fused-ring (bicyclic) bond motifs is 1. The molecule has 1 aromatic heterocycles. The molecule has 0 fully saturated rings. The van der Waals surface area contributed by atoms with Gasteiger partial charge in [-0.15, -0.1) is 11.3 Å². The van der Waals surface area contributed by atoms with Gasteiger partial charge in [-0.3, -0.25) is 9.52 Å². The maximum atomic E-state index is 12.9. The molecule has 1 N–H and O–H groups in total. The van der Waals surface area contributed by atoms with Gasteiger partial charge in [0, 0.05) is 11.8 Å². The lowest BCUT2D eigenvalue weighted by atomic mass is 10.2. The number of esters is 1. The number of aryl methyl sites for hydroxylation is 1. The van der Waals surface area contributed by atoms with Crippen molar-refractivity contribution in [1.82, 2.24) is 0 Å². The standard InChI is InChI=1S/C18H20N2O6S2/c1-10-9-20(12(3)21)15-8-13(5-6-16(15)26-10)28(23,24)19-17-14(18(22)25-4)7-11(2)27-17/h5-8,10,19H,9H2,1-4H3. The number of hydrogen-bond acceptors (Lipinski definition) is 7. The van der Waals surface area contributed by atoms with Crippen molar-refractivity contribution in [2.45, 2.75) is 31.8 Å². The van der Waals surface area contributed by atoms with E-state index in [1.807, 2.05) is 6.92 Å². The van der Waals surface area contributed by atoms with Crippen molar-refractivity contribution in [1.29, 1.82) is 0 Å². The Balaban J connectivity index is 1.99. The molecule has 1 aliphatic rings. The Morgan fingerprint density at radius 1 is 1.32 bits per heavy atom. The number of methoxy groups -OCH3 is 1. The molecule has 2 heterocycles. The topological polar surface area (TPSA) is 102 Å². The number of hydrogen-bond donors (Lipinski definition) is 1. The Kier molecular flexibility index (Phi) is 5.35. The van der Waals surface area contributed by atoms with E-state index < -0.39 is 16.0 Å². The van der Waals surface area contributed by atoms with Crippen molar-refractivity contribution in [2.75, 3.05) is 23.3 Å². The predicted molar refractivity (Wildman–Crippen MR) is 106 cm³/mol. The van der Waals surface area contributed by atoms with Gasteiger partial charge in [-0.2, -0.15) is 0 Å². The third-order valence-electron chi connectivity index (χ3n) is 4.17. The van der Waals surface area contributed by atoms with Crippen LogP contribution in [-0.2, 0) is 19.6 Å². The summed E-state index contributed by atoms with van der Waals surface area (Å²) in [5.41, 5.74) is 0.540. The largest absolute Gasteiger partial charge is 0.487 e. The highest BCUT2D eigenvalue weighted by atomic mass is 32.2. The summed E-state index contributed by atoms with van der Waals surface area (Å²) in [6.45, 7) is 5.34. The Morgan fingerprint density at radius 2 is 2.04 bits per heavy atom. The molecule has 0 radical (unpaired) electrons. The smallest absolute Gasteiger partial charge is 0.340 e. The van der Waals surface area contributed by atoms with Gasteiger partial charge in [0.25, 0.3) is 10.0 Å². The van der Waals surface area contributed by atoms with E-state index >= 15 is 0 Å². The van der Waals surface area contributed by atoms with Gasteiger partial charge in [-0.05, 0) is 38.1 Å². The summed E-state index contributed by atoms with van der Waals surface area (Å²) in [5.74, 6) is -0.395. The van der Waals surface area contributed by atoms with Crippen LogP contribution in [0.25, 0.3) is 0 Å². The van der Waals surface area contributed by atoms with Gasteiger partial charge in [0.1, 0.15) is 16.9 Å². The van der Waals surface area contributed by atoms with E-state index in [1.165, 1.54) is 37.1 Å². The maximum Gasteiger partial charge on any atom is 0.340 e. The van der Waals surface area contributed by atoms with Crippen LogP contribution in [-0.4, -0.2) is 40.1 Å². The van der Waals surface area contributed by atoms with Crippen molar-refractivity contribution in [3.63, 3.8) is 0 Å². The van der Waals surface area contributed by atoms with Crippen LogP contribution in [0.15, 0.2) is 29.2 Å². The van der Waals surface area contributed by atoms with Crippen LogP contribution in [0.5, 0.6) is 5.75 Å². The van der Waals surface area contributed by atoms with Crippen LogP contribution in [0.2, 0.25) is 0 Å². The number of amides is 1. The van der Waals surface area contributed by atoms with E-state index in [0.717, 1.165) is 16.2 Å². The quantitative estimate of drug-likeness (QED) is 0.758. The normalized spacial score (nSPS) is 16.1. The SMILES string of the molecule is COC(=O)c1cc(C)sc1NS(=O)(=O)c1ccc2c(c1)N(C(C)=O)CC(C)O2. The molecule has 150 valence electrons. The van der Waals surface area contributed by atoms with Crippen molar-refractivity contribution in [3.8, 4) is 5.75 Å². The van der Waals surface area contributed by atoms with Gasteiger partial charge in [0.2, 0.25) is 5.91 Å². The second-order valence-corrected chi connectivity index (χ2v) is 9.32. The molecule has 1 aliphatic heterocycles. The fourth-order valence-electron chi connectivity index (χ4n) is 2.92. The summed E-state index contributed by atoms with van der Waals surface area (Å²) < 4.78 is 38.7. The number of carbonyl (C=O) groups excluding carboxylic acids is 2. The van der Waals surface area contributed by atoms with Gasteiger partial charge in [-0.25, -0.2) is 13.2 Å². The summed E-state index contributed by atoms with van der Waals surface area (Å²) in [7, 11) is -2.77. The molecule has 0 bridgehead atoms. The second kappa shape index (κ2) is 7.44. The fraction of sp³-hybridized carbons (Fsp3) is 0.333. The third-order valence-corrected chi connectivity index (χ3v) is 6.61. The molecule has 1 unspecified atom stereocenters. The first-order chi connectivity index (χ1) is 13.1. The number of nitrogens with zero attached hydrogens (tertiary/aromatic N) is 1. The van der Waals surface area contributed by atoms with E-state index in [2.05, 4.69) is 4.72 Å². The number of sulfonamides is 1.